The van der Waals surface area contributed by atoms with E-state index in [1.807, 2.05) is 37.3 Å². The number of allylic oxidation sites excluding steroid dienone is 4. The fraction of sp³-hybridized carbons (Fsp3) is 0.273. The van der Waals surface area contributed by atoms with Crippen LogP contribution in [0.15, 0.2) is 47.6 Å². The molecule has 0 fully saturated rings. The van der Waals surface area contributed by atoms with Gasteiger partial charge in [0.25, 0.3) is 0 Å². The molecular formula is C11H12O. The zero-order valence-electron chi connectivity index (χ0n) is 7.12. The Morgan fingerprint density at radius 2 is 2.17 bits per heavy atom. The molecule has 0 aliphatic heterocycles. The quantitative estimate of drug-likeness (QED) is 0.575. The fourth-order valence-corrected chi connectivity index (χ4v) is 1.76. The summed E-state index contributed by atoms with van der Waals surface area (Å²) in [5.41, 5.74) is 1.46. The maximum absolute atomic E-state index is 10.1. The predicted molar refractivity (Wildman–Crippen MR) is 49.7 cm³/mol. The van der Waals surface area contributed by atoms with Crippen molar-refractivity contribution in [3.63, 3.8) is 0 Å². The summed E-state index contributed by atoms with van der Waals surface area (Å²) in [5.74, 6) is 0. The Morgan fingerprint density at radius 1 is 1.33 bits per heavy atom. The summed E-state index contributed by atoms with van der Waals surface area (Å²) in [6.45, 7) is 2.03. The molecule has 1 N–H and O–H groups in total. The van der Waals surface area contributed by atoms with E-state index in [1.54, 1.807) is 0 Å². The molecule has 62 valence electrons. The zero-order chi connectivity index (χ0) is 8.60. The molecule has 0 aromatic heterocycles. The molecule has 2 rings (SSSR count). The fourth-order valence-electron chi connectivity index (χ4n) is 1.76. The zero-order valence-corrected chi connectivity index (χ0v) is 7.12. The first-order valence-electron chi connectivity index (χ1n) is 4.18. The lowest BCUT2D eigenvalue weighted by Gasteiger charge is -2.30. The molecule has 1 heteroatoms. The second kappa shape index (κ2) is 2.46. The summed E-state index contributed by atoms with van der Waals surface area (Å²) in [5, 5.41) is 10.1. The summed E-state index contributed by atoms with van der Waals surface area (Å²) in [7, 11) is 0. The van der Waals surface area contributed by atoms with Gasteiger partial charge in [-0.05, 0) is 24.1 Å². The molecule has 12 heavy (non-hydrogen) atoms. The summed E-state index contributed by atoms with van der Waals surface area (Å²) >= 11 is 0. The number of fused-ring (bicyclic) bond motifs is 1. The van der Waals surface area contributed by atoms with Gasteiger partial charge in [-0.2, -0.15) is 0 Å². The van der Waals surface area contributed by atoms with Crippen molar-refractivity contribution < 1.29 is 5.11 Å². The van der Waals surface area contributed by atoms with Gasteiger partial charge in [-0.3, -0.25) is 0 Å². The van der Waals surface area contributed by atoms with E-state index in [0.29, 0.717) is 6.42 Å². The molecule has 1 atom stereocenters. The van der Waals surface area contributed by atoms with Gasteiger partial charge < -0.3 is 5.11 Å². The largest absolute Gasteiger partial charge is 0.381 e. The van der Waals surface area contributed by atoms with Crippen LogP contribution in [0.4, 0.5) is 0 Å². The van der Waals surface area contributed by atoms with Crippen LogP contribution in [-0.4, -0.2) is 10.7 Å². The van der Waals surface area contributed by atoms with Crippen LogP contribution >= 0.6 is 0 Å². The van der Waals surface area contributed by atoms with E-state index >= 15 is 0 Å². The minimum Gasteiger partial charge on any atom is -0.381 e. The van der Waals surface area contributed by atoms with Gasteiger partial charge >= 0.3 is 0 Å². The van der Waals surface area contributed by atoms with Crippen molar-refractivity contribution in [2.45, 2.75) is 18.9 Å². The molecular weight excluding hydrogens is 148 g/mol. The van der Waals surface area contributed by atoms with Crippen molar-refractivity contribution in [3.05, 3.63) is 47.6 Å². The van der Waals surface area contributed by atoms with E-state index in [0.717, 1.165) is 11.1 Å². The SMILES string of the molecule is CC1=C2C=CC=CC2(O)CC=C1. The molecule has 0 heterocycles. The van der Waals surface area contributed by atoms with Crippen LogP contribution in [0.1, 0.15) is 13.3 Å². The number of aliphatic hydroxyl groups is 1. The summed E-state index contributed by atoms with van der Waals surface area (Å²) < 4.78 is 0. The van der Waals surface area contributed by atoms with Gasteiger partial charge in [-0.25, -0.2) is 0 Å². The molecule has 0 spiro atoms. The van der Waals surface area contributed by atoms with Crippen LogP contribution in [0, 0.1) is 0 Å². The van der Waals surface area contributed by atoms with Gasteiger partial charge in [0, 0.05) is 6.42 Å². The molecule has 2 aliphatic rings. The summed E-state index contributed by atoms with van der Waals surface area (Å²) in [6, 6.07) is 0. The molecule has 0 aromatic rings. The summed E-state index contributed by atoms with van der Waals surface area (Å²) in [4.78, 5) is 0. The molecule has 0 bridgehead atoms. The van der Waals surface area contributed by atoms with E-state index in [-0.39, 0.29) is 0 Å². The second-order valence-corrected chi connectivity index (χ2v) is 3.35. The minimum atomic E-state index is -0.729. The Kier molecular flexibility index (Phi) is 1.55. The molecule has 0 saturated heterocycles. The topological polar surface area (TPSA) is 20.2 Å². The third-order valence-electron chi connectivity index (χ3n) is 2.43. The van der Waals surface area contributed by atoms with Crippen molar-refractivity contribution in [1.29, 1.82) is 0 Å². The van der Waals surface area contributed by atoms with Crippen molar-refractivity contribution in [1.82, 2.24) is 0 Å². The first-order chi connectivity index (χ1) is 5.72. The Labute approximate surface area is 72.4 Å². The van der Waals surface area contributed by atoms with Gasteiger partial charge in [0.15, 0.2) is 0 Å². The lowest BCUT2D eigenvalue weighted by atomic mass is 9.81. The molecule has 1 nitrogen and oxygen atoms in total. The highest BCUT2D eigenvalue weighted by Gasteiger charge is 2.30. The summed E-state index contributed by atoms with van der Waals surface area (Å²) in [6.07, 6.45) is 12.5. The highest BCUT2D eigenvalue weighted by Crippen LogP contribution is 2.33. The molecule has 0 amide bonds. The highest BCUT2D eigenvalue weighted by molar-refractivity contribution is 5.49. The standard InChI is InChI=1S/C11H12O/c1-9-5-4-8-11(12)7-3-2-6-10(9)11/h2-7,12H,8H2,1H3. The Hall–Kier alpha value is -1.08. The van der Waals surface area contributed by atoms with Gasteiger partial charge in [0.05, 0.1) is 0 Å². The van der Waals surface area contributed by atoms with Crippen LogP contribution in [0.25, 0.3) is 0 Å². The van der Waals surface area contributed by atoms with Crippen LogP contribution in [0.5, 0.6) is 0 Å². The molecule has 1 unspecified atom stereocenters. The molecule has 2 aliphatic carbocycles. The maximum Gasteiger partial charge on any atom is 0.112 e. The first-order valence-corrected chi connectivity index (χ1v) is 4.18. The average molecular weight is 160 g/mol. The molecule has 0 radical (unpaired) electrons. The lowest BCUT2D eigenvalue weighted by molar-refractivity contribution is 0.133. The normalized spacial score (nSPS) is 32.5. The average Bonchev–Trinajstić information content (AvgIpc) is 2.04. The number of hydrogen-bond donors (Lipinski definition) is 1. The van der Waals surface area contributed by atoms with Crippen LogP contribution in [0.3, 0.4) is 0 Å². The Morgan fingerprint density at radius 3 is 2.92 bits per heavy atom. The van der Waals surface area contributed by atoms with Crippen LogP contribution < -0.4 is 0 Å². The molecule has 0 aromatic carbocycles. The van der Waals surface area contributed by atoms with E-state index in [9.17, 15) is 5.11 Å². The monoisotopic (exact) mass is 160 g/mol. The predicted octanol–water partition coefficient (Wildman–Crippen LogP) is 2.12. The van der Waals surface area contributed by atoms with Crippen molar-refractivity contribution in [2.24, 2.45) is 0 Å². The lowest BCUT2D eigenvalue weighted by Crippen LogP contribution is -2.30. The molecule has 0 saturated carbocycles. The smallest absolute Gasteiger partial charge is 0.112 e. The highest BCUT2D eigenvalue weighted by atomic mass is 16.3. The van der Waals surface area contributed by atoms with Gasteiger partial charge in [-0.1, -0.05) is 30.4 Å². The van der Waals surface area contributed by atoms with Crippen molar-refractivity contribution >= 4 is 0 Å². The maximum atomic E-state index is 10.1. The van der Waals surface area contributed by atoms with Gasteiger partial charge in [-0.15, -0.1) is 0 Å². The van der Waals surface area contributed by atoms with Gasteiger partial charge in [0.2, 0.25) is 0 Å². The van der Waals surface area contributed by atoms with E-state index in [4.69, 9.17) is 0 Å². The third-order valence-corrected chi connectivity index (χ3v) is 2.43. The Balaban J connectivity index is 2.53. The number of hydrogen-bond acceptors (Lipinski definition) is 1. The number of rotatable bonds is 0. The van der Waals surface area contributed by atoms with E-state index in [1.165, 1.54) is 0 Å². The van der Waals surface area contributed by atoms with E-state index < -0.39 is 5.60 Å². The first kappa shape index (κ1) is 7.56. The minimum absolute atomic E-state index is 0.695. The van der Waals surface area contributed by atoms with Crippen LogP contribution in [0.2, 0.25) is 0 Å². The van der Waals surface area contributed by atoms with Gasteiger partial charge in [0.1, 0.15) is 5.60 Å². The second-order valence-electron chi connectivity index (χ2n) is 3.35. The Bertz CT molecular complexity index is 318. The van der Waals surface area contributed by atoms with Crippen molar-refractivity contribution in [2.75, 3.05) is 0 Å². The third kappa shape index (κ3) is 0.978. The van der Waals surface area contributed by atoms with Crippen LogP contribution in [-0.2, 0) is 0 Å². The van der Waals surface area contributed by atoms with Crippen molar-refractivity contribution in [3.8, 4) is 0 Å². The van der Waals surface area contributed by atoms with E-state index in [2.05, 4.69) is 6.08 Å².